The molecule has 0 spiro atoms. The fourth-order valence-electron chi connectivity index (χ4n) is 8.88. The standard InChI is InChI=1S/C29H39NOS2/c1-27-15-7-6-10-21(27)11-12-22-23(27)13-16-28(2)24(22)14-17-29(28,31)19-32-26-30-18-25(33-26)20-8-4-3-5-9-20/h3-5,8-9,18,21-24,31H,6-7,10-17,19H2,1-2H3/t21-,22-,23+,24+,27-,28+,29+/m0/s1. The lowest BCUT2D eigenvalue weighted by molar-refractivity contribution is -0.143. The smallest absolute Gasteiger partial charge is 0.150 e. The quantitative estimate of drug-likeness (QED) is 0.448. The third-order valence-electron chi connectivity index (χ3n) is 10.9. The number of aliphatic hydroxyl groups is 1. The van der Waals surface area contributed by atoms with Crippen LogP contribution in [0, 0.1) is 34.5 Å². The molecule has 7 atom stereocenters. The Hall–Kier alpha value is -0.840. The number of thioether (sulfide) groups is 1. The molecule has 178 valence electrons. The fourth-order valence-corrected chi connectivity index (χ4v) is 11.2. The van der Waals surface area contributed by atoms with E-state index in [1.54, 1.807) is 23.1 Å². The van der Waals surface area contributed by atoms with Crippen molar-refractivity contribution in [2.45, 2.75) is 88.0 Å². The lowest BCUT2D eigenvalue weighted by Crippen LogP contribution is -2.56. The maximum atomic E-state index is 12.1. The van der Waals surface area contributed by atoms with Crippen molar-refractivity contribution in [2.24, 2.45) is 34.5 Å². The van der Waals surface area contributed by atoms with Crippen LogP contribution in [0.25, 0.3) is 10.4 Å². The molecule has 1 aromatic heterocycles. The van der Waals surface area contributed by atoms with Gasteiger partial charge in [-0.3, -0.25) is 0 Å². The highest BCUT2D eigenvalue weighted by atomic mass is 32.2. The minimum Gasteiger partial charge on any atom is -0.388 e. The monoisotopic (exact) mass is 481 g/mol. The second-order valence-electron chi connectivity index (χ2n) is 12.1. The van der Waals surface area contributed by atoms with Gasteiger partial charge in [0.05, 0.1) is 10.5 Å². The van der Waals surface area contributed by atoms with Crippen molar-refractivity contribution in [3.05, 3.63) is 36.5 Å². The van der Waals surface area contributed by atoms with E-state index in [0.29, 0.717) is 11.3 Å². The third kappa shape index (κ3) is 3.57. The molecule has 6 rings (SSSR count). The molecule has 4 fully saturated rings. The Morgan fingerprint density at radius 2 is 1.79 bits per heavy atom. The highest BCUT2D eigenvalue weighted by Crippen LogP contribution is 2.68. The number of rotatable bonds is 4. The maximum Gasteiger partial charge on any atom is 0.150 e. The minimum absolute atomic E-state index is 0.0680. The molecule has 0 aliphatic heterocycles. The molecule has 1 heterocycles. The zero-order valence-electron chi connectivity index (χ0n) is 20.3. The van der Waals surface area contributed by atoms with Crippen molar-refractivity contribution in [3.63, 3.8) is 0 Å². The average Bonchev–Trinajstić information content (AvgIpc) is 3.41. The van der Waals surface area contributed by atoms with Gasteiger partial charge in [-0.05, 0) is 86.0 Å². The zero-order chi connectivity index (χ0) is 22.7. The van der Waals surface area contributed by atoms with Crippen molar-refractivity contribution in [1.29, 1.82) is 0 Å². The first-order chi connectivity index (χ1) is 15.9. The summed E-state index contributed by atoms with van der Waals surface area (Å²) >= 11 is 3.56. The lowest BCUT2D eigenvalue weighted by atomic mass is 9.44. The summed E-state index contributed by atoms with van der Waals surface area (Å²) in [6, 6.07) is 10.5. The Balaban J connectivity index is 1.18. The van der Waals surface area contributed by atoms with E-state index < -0.39 is 5.60 Å². The van der Waals surface area contributed by atoms with Crippen LogP contribution in [0.5, 0.6) is 0 Å². The number of thiazole rings is 1. The summed E-state index contributed by atoms with van der Waals surface area (Å²) in [5.74, 6) is 4.21. The van der Waals surface area contributed by atoms with Crippen LogP contribution in [0.4, 0.5) is 0 Å². The van der Waals surface area contributed by atoms with Crippen molar-refractivity contribution in [3.8, 4) is 10.4 Å². The van der Waals surface area contributed by atoms with Gasteiger partial charge in [-0.15, -0.1) is 11.3 Å². The topological polar surface area (TPSA) is 33.1 Å². The first-order valence-electron chi connectivity index (χ1n) is 13.3. The largest absolute Gasteiger partial charge is 0.388 e. The van der Waals surface area contributed by atoms with Crippen LogP contribution >= 0.6 is 23.1 Å². The predicted octanol–water partition coefficient (Wildman–Crippen LogP) is 8.07. The van der Waals surface area contributed by atoms with Crippen LogP contribution < -0.4 is 0 Å². The first-order valence-corrected chi connectivity index (χ1v) is 15.1. The molecule has 0 saturated heterocycles. The molecule has 1 N–H and O–H groups in total. The normalized spacial score (nSPS) is 42.4. The number of hydrogen-bond acceptors (Lipinski definition) is 4. The van der Waals surface area contributed by atoms with E-state index in [9.17, 15) is 5.11 Å². The van der Waals surface area contributed by atoms with E-state index in [0.717, 1.165) is 34.3 Å². The Morgan fingerprint density at radius 3 is 2.64 bits per heavy atom. The van der Waals surface area contributed by atoms with Gasteiger partial charge in [0, 0.05) is 17.4 Å². The lowest BCUT2D eigenvalue weighted by Gasteiger charge is -2.61. The number of benzene rings is 1. The van der Waals surface area contributed by atoms with Gasteiger partial charge in [0.1, 0.15) is 4.34 Å². The van der Waals surface area contributed by atoms with Crippen LogP contribution in [0.15, 0.2) is 40.9 Å². The average molecular weight is 482 g/mol. The van der Waals surface area contributed by atoms with Crippen molar-refractivity contribution >= 4 is 23.1 Å². The molecule has 4 aliphatic rings. The summed E-state index contributed by atoms with van der Waals surface area (Å²) in [4.78, 5) is 5.92. The molecule has 2 nitrogen and oxygen atoms in total. The van der Waals surface area contributed by atoms with E-state index in [4.69, 9.17) is 4.98 Å². The summed E-state index contributed by atoms with van der Waals surface area (Å²) in [6.45, 7) is 5.11. The predicted molar refractivity (Wildman–Crippen MR) is 140 cm³/mol. The summed E-state index contributed by atoms with van der Waals surface area (Å²) in [5, 5.41) is 12.1. The van der Waals surface area contributed by atoms with Gasteiger partial charge in [-0.1, -0.05) is 68.8 Å². The summed E-state index contributed by atoms with van der Waals surface area (Å²) in [5.41, 5.74) is 1.32. The van der Waals surface area contributed by atoms with Gasteiger partial charge < -0.3 is 5.11 Å². The SMILES string of the molecule is C[C@]12CCCC[C@H]1CC[C@H]1[C@H]2CC[C@]2(C)[C@@H]1CC[C@@]2(O)CSc1ncc(-c2ccccc2)s1. The number of aromatic nitrogens is 1. The first kappa shape index (κ1) is 22.6. The van der Waals surface area contributed by atoms with Gasteiger partial charge in [-0.2, -0.15) is 0 Å². The summed E-state index contributed by atoms with van der Waals surface area (Å²) in [6.07, 6.45) is 15.4. The molecular weight excluding hydrogens is 442 g/mol. The molecule has 0 bridgehead atoms. The van der Waals surface area contributed by atoms with E-state index in [1.165, 1.54) is 68.2 Å². The van der Waals surface area contributed by atoms with Gasteiger partial charge in [-0.25, -0.2) is 4.98 Å². The van der Waals surface area contributed by atoms with Crippen LogP contribution in [0.1, 0.15) is 78.1 Å². The van der Waals surface area contributed by atoms with Crippen molar-refractivity contribution in [1.82, 2.24) is 4.98 Å². The summed E-state index contributed by atoms with van der Waals surface area (Å²) in [7, 11) is 0. The Labute approximate surface area is 208 Å². The van der Waals surface area contributed by atoms with E-state index >= 15 is 0 Å². The van der Waals surface area contributed by atoms with E-state index in [1.807, 2.05) is 6.20 Å². The molecule has 4 aliphatic carbocycles. The molecule has 4 saturated carbocycles. The highest BCUT2D eigenvalue weighted by molar-refractivity contribution is 8.01. The Morgan fingerprint density at radius 1 is 0.970 bits per heavy atom. The van der Waals surface area contributed by atoms with Crippen LogP contribution in [-0.2, 0) is 0 Å². The zero-order valence-corrected chi connectivity index (χ0v) is 21.9. The molecule has 33 heavy (non-hydrogen) atoms. The molecule has 1 aromatic carbocycles. The molecule has 0 amide bonds. The molecular formula is C29H39NOS2. The Bertz CT molecular complexity index is 991. The minimum atomic E-state index is -0.559. The third-order valence-corrected chi connectivity index (χ3v) is 13.3. The second kappa shape index (κ2) is 8.38. The van der Waals surface area contributed by atoms with Gasteiger partial charge in [0.25, 0.3) is 0 Å². The van der Waals surface area contributed by atoms with Crippen molar-refractivity contribution in [2.75, 3.05) is 5.75 Å². The number of fused-ring (bicyclic) bond motifs is 5. The van der Waals surface area contributed by atoms with Crippen LogP contribution in [-0.4, -0.2) is 21.4 Å². The fraction of sp³-hybridized carbons (Fsp3) is 0.690. The second-order valence-corrected chi connectivity index (χ2v) is 14.3. The van der Waals surface area contributed by atoms with Gasteiger partial charge >= 0.3 is 0 Å². The van der Waals surface area contributed by atoms with E-state index in [2.05, 4.69) is 44.2 Å². The van der Waals surface area contributed by atoms with Crippen LogP contribution in [0.3, 0.4) is 0 Å². The summed E-state index contributed by atoms with van der Waals surface area (Å²) < 4.78 is 1.10. The number of hydrogen-bond donors (Lipinski definition) is 1. The van der Waals surface area contributed by atoms with Crippen molar-refractivity contribution < 1.29 is 5.11 Å². The molecule has 0 radical (unpaired) electrons. The van der Waals surface area contributed by atoms with E-state index in [-0.39, 0.29) is 5.41 Å². The van der Waals surface area contributed by atoms with Gasteiger partial charge in [0.2, 0.25) is 0 Å². The molecule has 4 heteroatoms. The maximum absolute atomic E-state index is 12.1. The van der Waals surface area contributed by atoms with Crippen LogP contribution in [0.2, 0.25) is 0 Å². The number of nitrogens with zero attached hydrogens (tertiary/aromatic N) is 1. The molecule has 2 aromatic rings. The molecule has 0 unspecified atom stereocenters. The Kier molecular flexibility index (Phi) is 5.74. The highest BCUT2D eigenvalue weighted by Gasteiger charge is 2.64. The van der Waals surface area contributed by atoms with Gasteiger partial charge in [0.15, 0.2) is 0 Å².